The molecule has 6 nitrogen and oxygen atoms in total. The fourth-order valence-electron chi connectivity index (χ4n) is 3.26. The lowest BCUT2D eigenvalue weighted by Crippen LogP contribution is -2.40. The molecular formula is C15H24N6. The molecule has 0 aliphatic carbocycles. The van der Waals surface area contributed by atoms with Gasteiger partial charge in [0.1, 0.15) is 11.8 Å². The summed E-state index contributed by atoms with van der Waals surface area (Å²) in [6.45, 7) is 9.20. The Bertz CT molecular complexity index is 618. The number of imidazole rings is 1. The number of nitrogens with two attached hydrogens (primary N) is 1. The Morgan fingerprint density at radius 3 is 2.90 bits per heavy atom. The van der Waals surface area contributed by atoms with Gasteiger partial charge in [-0.3, -0.25) is 0 Å². The van der Waals surface area contributed by atoms with Gasteiger partial charge in [-0.2, -0.15) is 0 Å². The van der Waals surface area contributed by atoms with Gasteiger partial charge in [0.25, 0.3) is 0 Å². The second kappa shape index (κ2) is 5.60. The van der Waals surface area contributed by atoms with Gasteiger partial charge < -0.3 is 15.2 Å². The minimum Gasteiger partial charge on any atom is -0.382 e. The SMILES string of the molecule is CC1(C)CCCN(CCCn2cnc3c(N)ncnc32)C1. The van der Waals surface area contributed by atoms with Gasteiger partial charge in [0, 0.05) is 13.1 Å². The summed E-state index contributed by atoms with van der Waals surface area (Å²) in [6.07, 6.45) is 7.07. The van der Waals surface area contributed by atoms with Crippen molar-refractivity contribution in [3.63, 3.8) is 0 Å². The number of aryl methyl sites for hydroxylation is 1. The van der Waals surface area contributed by atoms with Crippen LogP contribution in [0.3, 0.4) is 0 Å². The fourth-order valence-corrected chi connectivity index (χ4v) is 3.26. The molecule has 1 aliphatic rings. The van der Waals surface area contributed by atoms with Crippen LogP contribution in [0.25, 0.3) is 11.2 Å². The van der Waals surface area contributed by atoms with E-state index in [2.05, 4.69) is 38.3 Å². The highest BCUT2D eigenvalue weighted by Gasteiger charge is 2.25. The molecule has 1 saturated heterocycles. The number of likely N-dealkylation sites (tertiary alicyclic amines) is 1. The summed E-state index contributed by atoms with van der Waals surface area (Å²) in [5.74, 6) is 0.455. The molecule has 21 heavy (non-hydrogen) atoms. The molecule has 0 saturated carbocycles. The third-order valence-corrected chi connectivity index (χ3v) is 4.28. The maximum absolute atomic E-state index is 5.81. The van der Waals surface area contributed by atoms with Gasteiger partial charge in [-0.25, -0.2) is 15.0 Å². The normalized spacial score (nSPS) is 19.1. The Hall–Kier alpha value is -1.69. The van der Waals surface area contributed by atoms with Crippen LogP contribution in [0.15, 0.2) is 12.7 Å². The molecule has 3 rings (SSSR count). The third kappa shape index (κ3) is 3.15. The maximum atomic E-state index is 5.81. The van der Waals surface area contributed by atoms with Gasteiger partial charge in [0.15, 0.2) is 11.5 Å². The van der Waals surface area contributed by atoms with E-state index >= 15 is 0 Å². The van der Waals surface area contributed by atoms with Crippen LogP contribution in [0.2, 0.25) is 0 Å². The molecule has 0 unspecified atom stereocenters. The van der Waals surface area contributed by atoms with Crippen molar-refractivity contribution in [2.45, 2.75) is 39.7 Å². The Labute approximate surface area is 125 Å². The predicted molar refractivity (Wildman–Crippen MR) is 83.8 cm³/mol. The highest BCUT2D eigenvalue weighted by atomic mass is 15.2. The predicted octanol–water partition coefficient (Wildman–Crippen LogP) is 1.92. The first kappa shape index (κ1) is 14.3. The first-order valence-corrected chi connectivity index (χ1v) is 7.69. The van der Waals surface area contributed by atoms with Gasteiger partial charge in [-0.15, -0.1) is 0 Å². The number of anilines is 1. The smallest absolute Gasteiger partial charge is 0.165 e. The largest absolute Gasteiger partial charge is 0.382 e. The van der Waals surface area contributed by atoms with E-state index in [4.69, 9.17) is 5.73 Å². The molecule has 0 aromatic carbocycles. The van der Waals surface area contributed by atoms with Crippen LogP contribution in [-0.4, -0.2) is 44.1 Å². The molecule has 0 radical (unpaired) electrons. The molecule has 6 heteroatoms. The summed E-state index contributed by atoms with van der Waals surface area (Å²) in [7, 11) is 0. The number of piperidine rings is 1. The molecular weight excluding hydrogens is 264 g/mol. The van der Waals surface area contributed by atoms with Crippen LogP contribution in [0.5, 0.6) is 0 Å². The number of hydrogen-bond donors (Lipinski definition) is 1. The van der Waals surface area contributed by atoms with E-state index in [-0.39, 0.29) is 0 Å². The monoisotopic (exact) mass is 288 g/mol. The molecule has 0 bridgehead atoms. The maximum Gasteiger partial charge on any atom is 0.165 e. The highest BCUT2D eigenvalue weighted by Crippen LogP contribution is 2.28. The van der Waals surface area contributed by atoms with E-state index in [0.717, 1.165) is 25.2 Å². The number of nitrogen functional groups attached to an aromatic ring is 1. The molecule has 0 spiro atoms. The van der Waals surface area contributed by atoms with Crippen LogP contribution < -0.4 is 5.73 Å². The van der Waals surface area contributed by atoms with E-state index in [9.17, 15) is 0 Å². The number of nitrogens with zero attached hydrogens (tertiary/aromatic N) is 5. The lowest BCUT2D eigenvalue weighted by Gasteiger charge is -2.38. The van der Waals surface area contributed by atoms with Gasteiger partial charge in [0.2, 0.25) is 0 Å². The summed E-state index contributed by atoms with van der Waals surface area (Å²) in [5.41, 5.74) is 7.81. The Balaban J connectivity index is 1.59. The number of rotatable bonds is 4. The summed E-state index contributed by atoms with van der Waals surface area (Å²) in [5, 5.41) is 0. The van der Waals surface area contributed by atoms with Gasteiger partial charge in [-0.1, -0.05) is 13.8 Å². The van der Waals surface area contributed by atoms with Gasteiger partial charge >= 0.3 is 0 Å². The molecule has 1 aliphatic heterocycles. The number of hydrogen-bond acceptors (Lipinski definition) is 5. The van der Waals surface area contributed by atoms with Crippen molar-refractivity contribution < 1.29 is 0 Å². The summed E-state index contributed by atoms with van der Waals surface area (Å²) in [6, 6.07) is 0. The van der Waals surface area contributed by atoms with Crippen LogP contribution in [0.1, 0.15) is 33.1 Å². The van der Waals surface area contributed by atoms with Crippen molar-refractivity contribution in [2.24, 2.45) is 5.41 Å². The number of fused-ring (bicyclic) bond motifs is 1. The summed E-state index contributed by atoms with van der Waals surface area (Å²) in [4.78, 5) is 15.1. The average molecular weight is 288 g/mol. The Morgan fingerprint density at radius 1 is 1.24 bits per heavy atom. The molecule has 1 fully saturated rings. The van der Waals surface area contributed by atoms with Crippen LogP contribution in [0, 0.1) is 5.41 Å². The molecule has 2 N–H and O–H groups in total. The molecule has 3 heterocycles. The fraction of sp³-hybridized carbons (Fsp3) is 0.667. The average Bonchev–Trinajstić information content (AvgIpc) is 2.83. The standard InChI is InChI=1S/C15H24N6/c1-15(2)5-3-6-20(9-15)7-4-8-21-11-19-12-13(16)17-10-18-14(12)21/h10-11H,3-9H2,1-2H3,(H2,16,17,18). The van der Waals surface area contributed by atoms with Crippen molar-refractivity contribution in [1.82, 2.24) is 24.4 Å². The molecule has 2 aromatic rings. The Kier molecular flexibility index (Phi) is 3.80. The van der Waals surface area contributed by atoms with Crippen molar-refractivity contribution in [2.75, 3.05) is 25.4 Å². The van der Waals surface area contributed by atoms with Crippen LogP contribution in [-0.2, 0) is 6.54 Å². The van der Waals surface area contributed by atoms with E-state index in [1.807, 2.05) is 6.33 Å². The van der Waals surface area contributed by atoms with Gasteiger partial charge in [-0.05, 0) is 37.8 Å². The highest BCUT2D eigenvalue weighted by molar-refractivity contribution is 5.80. The second-order valence-corrected chi connectivity index (χ2v) is 6.77. The van der Waals surface area contributed by atoms with Crippen molar-refractivity contribution >= 4 is 17.0 Å². The molecule has 0 atom stereocenters. The topological polar surface area (TPSA) is 72.9 Å². The van der Waals surface area contributed by atoms with Crippen LogP contribution in [0.4, 0.5) is 5.82 Å². The van der Waals surface area contributed by atoms with Gasteiger partial charge in [0.05, 0.1) is 6.33 Å². The molecule has 114 valence electrons. The lowest BCUT2D eigenvalue weighted by molar-refractivity contribution is 0.115. The summed E-state index contributed by atoms with van der Waals surface area (Å²) >= 11 is 0. The zero-order chi connectivity index (χ0) is 14.9. The molecule has 0 amide bonds. The van der Waals surface area contributed by atoms with Crippen molar-refractivity contribution in [3.8, 4) is 0 Å². The van der Waals surface area contributed by atoms with E-state index < -0.39 is 0 Å². The summed E-state index contributed by atoms with van der Waals surface area (Å²) < 4.78 is 2.07. The van der Waals surface area contributed by atoms with E-state index in [1.54, 1.807) is 0 Å². The first-order chi connectivity index (χ1) is 10.1. The van der Waals surface area contributed by atoms with Crippen molar-refractivity contribution in [3.05, 3.63) is 12.7 Å². The lowest BCUT2D eigenvalue weighted by atomic mass is 9.84. The number of aromatic nitrogens is 4. The zero-order valence-electron chi connectivity index (χ0n) is 12.9. The van der Waals surface area contributed by atoms with Crippen molar-refractivity contribution in [1.29, 1.82) is 0 Å². The van der Waals surface area contributed by atoms with E-state index in [0.29, 0.717) is 16.7 Å². The third-order valence-electron chi connectivity index (χ3n) is 4.28. The first-order valence-electron chi connectivity index (χ1n) is 7.69. The quantitative estimate of drug-likeness (QED) is 0.930. The second-order valence-electron chi connectivity index (χ2n) is 6.77. The zero-order valence-corrected chi connectivity index (χ0v) is 12.9. The van der Waals surface area contributed by atoms with E-state index in [1.165, 1.54) is 32.3 Å². The minimum atomic E-state index is 0.455. The Morgan fingerprint density at radius 2 is 2.10 bits per heavy atom. The molecule has 2 aromatic heterocycles. The van der Waals surface area contributed by atoms with Crippen LogP contribution >= 0.6 is 0 Å². The minimum absolute atomic E-state index is 0.455.